The lowest BCUT2D eigenvalue weighted by Gasteiger charge is -2.31. The number of halogens is 3. The summed E-state index contributed by atoms with van der Waals surface area (Å²) < 4.78 is 59.5. The quantitative estimate of drug-likeness (QED) is 0.737. The summed E-state index contributed by atoms with van der Waals surface area (Å²) in [4.78, 5) is -0.865. The number of rotatable bonds is 6. The third-order valence-corrected chi connectivity index (χ3v) is 4.66. The number of aliphatic hydroxyl groups is 2. The van der Waals surface area contributed by atoms with Gasteiger partial charge in [-0.3, -0.25) is 0 Å². The Hall–Kier alpha value is -1.32. The SMILES string of the molecule is CCC(CO)(CO)Nc1ccc(S(=O)(=O)C(F)(F)F)cc1. The molecule has 0 unspecified atom stereocenters. The summed E-state index contributed by atoms with van der Waals surface area (Å²) in [5.74, 6) is 0. The summed E-state index contributed by atoms with van der Waals surface area (Å²) in [6.07, 6.45) is 0.364. The Balaban J connectivity index is 3.04. The Bertz CT molecular complexity index is 557. The van der Waals surface area contributed by atoms with Gasteiger partial charge in [0.2, 0.25) is 0 Å². The molecule has 120 valence electrons. The van der Waals surface area contributed by atoms with Gasteiger partial charge in [0.15, 0.2) is 0 Å². The van der Waals surface area contributed by atoms with Crippen molar-refractivity contribution >= 4 is 15.5 Å². The third kappa shape index (κ3) is 3.66. The van der Waals surface area contributed by atoms with Gasteiger partial charge in [-0.2, -0.15) is 13.2 Å². The van der Waals surface area contributed by atoms with Crippen LogP contribution in [0.15, 0.2) is 29.2 Å². The molecular formula is C12H16F3NO4S. The maximum atomic E-state index is 12.4. The van der Waals surface area contributed by atoms with Crippen molar-refractivity contribution in [3.05, 3.63) is 24.3 Å². The van der Waals surface area contributed by atoms with E-state index in [1.54, 1.807) is 6.92 Å². The molecule has 3 N–H and O–H groups in total. The van der Waals surface area contributed by atoms with Gasteiger partial charge < -0.3 is 15.5 Å². The molecule has 1 aromatic carbocycles. The smallest absolute Gasteiger partial charge is 0.394 e. The molecule has 0 spiro atoms. The van der Waals surface area contributed by atoms with Gasteiger partial charge in [0.05, 0.1) is 23.6 Å². The minimum absolute atomic E-state index is 0.293. The van der Waals surface area contributed by atoms with Gasteiger partial charge in [0, 0.05) is 5.69 Å². The molecule has 0 saturated carbocycles. The van der Waals surface area contributed by atoms with E-state index in [0.29, 0.717) is 12.1 Å². The summed E-state index contributed by atoms with van der Waals surface area (Å²) in [7, 11) is -5.38. The van der Waals surface area contributed by atoms with Crippen LogP contribution in [0.3, 0.4) is 0 Å². The monoisotopic (exact) mass is 327 g/mol. The van der Waals surface area contributed by atoms with Gasteiger partial charge in [-0.1, -0.05) is 6.92 Å². The van der Waals surface area contributed by atoms with Crippen LogP contribution in [0.4, 0.5) is 18.9 Å². The van der Waals surface area contributed by atoms with Gasteiger partial charge in [0.25, 0.3) is 9.84 Å². The van der Waals surface area contributed by atoms with E-state index >= 15 is 0 Å². The second-order valence-electron chi connectivity index (χ2n) is 4.55. The van der Waals surface area contributed by atoms with E-state index in [1.165, 1.54) is 0 Å². The highest BCUT2D eigenvalue weighted by molar-refractivity contribution is 7.92. The number of nitrogens with one attached hydrogen (secondary N) is 1. The van der Waals surface area contributed by atoms with Crippen LogP contribution in [-0.4, -0.2) is 42.9 Å². The number of aliphatic hydroxyl groups excluding tert-OH is 2. The molecule has 21 heavy (non-hydrogen) atoms. The predicted octanol–water partition coefficient (Wildman–Crippen LogP) is 1.53. The lowest BCUT2D eigenvalue weighted by atomic mass is 9.98. The van der Waals surface area contributed by atoms with Crippen LogP contribution in [0.5, 0.6) is 0 Å². The molecule has 0 radical (unpaired) electrons. The van der Waals surface area contributed by atoms with Crippen molar-refractivity contribution in [2.45, 2.75) is 29.3 Å². The largest absolute Gasteiger partial charge is 0.501 e. The van der Waals surface area contributed by atoms with Crippen LogP contribution in [-0.2, 0) is 9.84 Å². The molecule has 0 amide bonds. The van der Waals surface area contributed by atoms with E-state index < -0.39 is 25.8 Å². The van der Waals surface area contributed by atoms with Gasteiger partial charge in [0.1, 0.15) is 0 Å². The van der Waals surface area contributed by atoms with Crippen LogP contribution in [0.2, 0.25) is 0 Å². The summed E-state index contributed by atoms with van der Waals surface area (Å²) >= 11 is 0. The molecule has 0 atom stereocenters. The molecule has 0 fully saturated rings. The first-order chi connectivity index (χ1) is 9.62. The molecule has 0 aliphatic heterocycles. The van der Waals surface area contributed by atoms with E-state index in [1.807, 2.05) is 0 Å². The molecule has 0 aliphatic carbocycles. The van der Waals surface area contributed by atoms with Crippen molar-refractivity contribution in [1.29, 1.82) is 0 Å². The van der Waals surface area contributed by atoms with Gasteiger partial charge >= 0.3 is 5.51 Å². The third-order valence-electron chi connectivity index (χ3n) is 3.16. The van der Waals surface area contributed by atoms with Crippen molar-refractivity contribution in [3.63, 3.8) is 0 Å². The fraction of sp³-hybridized carbons (Fsp3) is 0.500. The Morgan fingerprint density at radius 1 is 1.10 bits per heavy atom. The predicted molar refractivity (Wildman–Crippen MR) is 70.5 cm³/mol. The van der Waals surface area contributed by atoms with Crippen molar-refractivity contribution in [2.75, 3.05) is 18.5 Å². The first-order valence-corrected chi connectivity index (χ1v) is 7.51. The van der Waals surface area contributed by atoms with Crippen molar-refractivity contribution in [1.82, 2.24) is 0 Å². The standard InChI is InChI=1S/C12H16F3NO4S/c1-2-11(7-17,8-18)16-9-3-5-10(6-4-9)21(19,20)12(13,14)15/h3-6,16-18H,2,7-8H2,1H3. The number of hydrogen-bond acceptors (Lipinski definition) is 5. The molecule has 0 aromatic heterocycles. The average molecular weight is 327 g/mol. The van der Waals surface area contributed by atoms with E-state index in [0.717, 1.165) is 24.3 Å². The van der Waals surface area contributed by atoms with Gasteiger partial charge in [-0.15, -0.1) is 0 Å². The lowest BCUT2D eigenvalue weighted by Crippen LogP contribution is -2.45. The Morgan fingerprint density at radius 2 is 1.57 bits per heavy atom. The topological polar surface area (TPSA) is 86.6 Å². The van der Waals surface area contributed by atoms with Crippen LogP contribution < -0.4 is 5.32 Å². The fourth-order valence-electron chi connectivity index (χ4n) is 1.60. The summed E-state index contributed by atoms with van der Waals surface area (Å²) in [5.41, 5.74) is -6.09. The van der Waals surface area contributed by atoms with E-state index in [-0.39, 0.29) is 13.2 Å². The summed E-state index contributed by atoms with van der Waals surface area (Å²) in [5, 5.41) is 21.3. The number of anilines is 1. The lowest BCUT2D eigenvalue weighted by molar-refractivity contribution is -0.0436. The zero-order chi connectivity index (χ0) is 16.3. The Labute approximate surface area is 120 Å². The number of alkyl halides is 3. The number of benzene rings is 1. The first kappa shape index (κ1) is 17.7. The van der Waals surface area contributed by atoms with E-state index in [2.05, 4.69) is 5.32 Å². The van der Waals surface area contributed by atoms with Gasteiger partial charge in [-0.05, 0) is 30.7 Å². The Morgan fingerprint density at radius 3 is 1.90 bits per heavy atom. The van der Waals surface area contributed by atoms with Crippen molar-refractivity contribution in [3.8, 4) is 0 Å². The highest BCUT2D eigenvalue weighted by Crippen LogP contribution is 2.31. The summed E-state index contributed by atoms with van der Waals surface area (Å²) in [6.45, 7) is 0.938. The maximum Gasteiger partial charge on any atom is 0.501 e. The van der Waals surface area contributed by atoms with Crippen molar-refractivity contribution in [2.24, 2.45) is 0 Å². The van der Waals surface area contributed by atoms with Crippen LogP contribution in [0.25, 0.3) is 0 Å². The van der Waals surface area contributed by atoms with E-state index in [9.17, 15) is 31.8 Å². The molecule has 1 rings (SSSR count). The van der Waals surface area contributed by atoms with Crippen LogP contribution in [0, 0.1) is 0 Å². The molecule has 0 bridgehead atoms. The minimum atomic E-state index is -5.38. The second-order valence-corrected chi connectivity index (χ2v) is 6.49. The van der Waals surface area contributed by atoms with Crippen molar-refractivity contribution < 1.29 is 31.8 Å². The molecular weight excluding hydrogens is 311 g/mol. The molecule has 5 nitrogen and oxygen atoms in total. The zero-order valence-corrected chi connectivity index (χ0v) is 12.0. The Kier molecular flexibility index (Phi) is 5.24. The van der Waals surface area contributed by atoms with Crippen LogP contribution >= 0.6 is 0 Å². The highest BCUT2D eigenvalue weighted by atomic mass is 32.2. The summed E-state index contributed by atoms with van der Waals surface area (Å²) in [6, 6.07) is 3.93. The molecule has 0 saturated heterocycles. The molecule has 9 heteroatoms. The first-order valence-electron chi connectivity index (χ1n) is 6.03. The fourth-order valence-corrected chi connectivity index (χ4v) is 2.36. The maximum absolute atomic E-state index is 12.4. The zero-order valence-electron chi connectivity index (χ0n) is 11.2. The highest BCUT2D eigenvalue weighted by Gasteiger charge is 2.46. The van der Waals surface area contributed by atoms with Gasteiger partial charge in [-0.25, -0.2) is 8.42 Å². The average Bonchev–Trinajstić information content (AvgIpc) is 2.44. The van der Waals surface area contributed by atoms with E-state index in [4.69, 9.17) is 0 Å². The molecule has 1 aromatic rings. The molecule has 0 aliphatic rings. The molecule has 0 heterocycles. The normalized spacial score (nSPS) is 13.2. The minimum Gasteiger partial charge on any atom is -0.394 e. The number of hydrogen-bond donors (Lipinski definition) is 3. The number of sulfone groups is 1. The second kappa shape index (κ2) is 6.20. The van der Waals surface area contributed by atoms with Crippen LogP contribution in [0.1, 0.15) is 13.3 Å².